The van der Waals surface area contributed by atoms with Crippen molar-refractivity contribution in [3.8, 4) is 0 Å². The molecule has 1 heterocycles. The Labute approximate surface area is 114 Å². The average molecular weight is 269 g/mol. The monoisotopic (exact) mass is 269 g/mol. The van der Waals surface area contributed by atoms with Crippen molar-refractivity contribution < 1.29 is 0 Å². The third-order valence-corrected chi connectivity index (χ3v) is 3.71. The van der Waals surface area contributed by atoms with Crippen LogP contribution < -0.4 is 10.2 Å². The molecule has 1 atom stereocenters. The molecule has 0 saturated carbocycles. The molecule has 1 aromatic heterocycles. The second-order valence-electron chi connectivity index (χ2n) is 4.49. The lowest BCUT2D eigenvalue weighted by atomic mass is 10.2. The van der Waals surface area contributed by atoms with E-state index in [-0.39, 0.29) is 0 Å². The van der Waals surface area contributed by atoms with Crippen molar-refractivity contribution >= 4 is 23.7 Å². The Hall–Kier alpha value is -1.04. The fraction of sp³-hybridized carbons (Fsp3) is 0.750. The molecule has 0 fully saturated rings. The van der Waals surface area contributed by atoms with Gasteiger partial charge < -0.3 is 10.2 Å². The minimum absolute atomic E-state index is 0.655. The van der Waals surface area contributed by atoms with Gasteiger partial charge in [0, 0.05) is 26.4 Å². The third kappa shape index (κ3) is 4.68. The lowest BCUT2D eigenvalue weighted by molar-refractivity contribution is 0.635. The van der Waals surface area contributed by atoms with Gasteiger partial charge in [-0.25, -0.2) is 0 Å². The van der Waals surface area contributed by atoms with Gasteiger partial charge in [0.2, 0.25) is 11.9 Å². The Morgan fingerprint density at radius 3 is 2.50 bits per heavy atom. The van der Waals surface area contributed by atoms with Gasteiger partial charge in [-0.1, -0.05) is 32.0 Å². The molecule has 0 aromatic carbocycles. The number of nitrogens with zero attached hydrogens (tertiary/aromatic N) is 4. The zero-order valence-corrected chi connectivity index (χ0v) is 12.7. The molecule has 0 aliphatic carbocycles. The van der Waals surface area contributed by atoms with Crippen LogP contribution in [0.4, 0.5) is 11.9 Å². The van der Waals surface area contributed by atoms with Crippen LogP contribution in [0.25, 0.3) is 0 Å². The topological polar surface area (TPSA) is 53.9 Å². The second kappa shape index (κ2) is 7.41. The van der Waals surface area contributed by atoms with Crippen LogP contribution in [0.1, 0.15) is 27.2 Å². The summed E-state index contributed by atoms with van der Waals surface area (Å²) < 4.78 is 0. The number of hydrogen-bond donors (Lipinski definition) is 1. The first-order chi connectivity index (χ1) is 8.56. The van der Waals surface area contributed by atoms with E-state index < -0.39 is 0 Å². The zero-order valence-electron chi connectivity index (χ0n) is 11.9. The van der Waals surface area contributed by atoms with Gasteiger partial charge in [0.25, 0.3) is 0 Å². The van der Waals surface area contributed by atoms with Crippen LogP contribution >= 0.6 is 11.8 Å². The SMILES string of the molecule is CCNc1nc(SCC(C)CC)nc(N(C)C)n1. The van der Waals surface area contributed by atoms with E-state index in [1.807, 2.05) is 25.9 Å². The smallest absolute Gasteiger partial charge is 0.230 e. The maximum Gasteiger partial charge on any atom is 0.230 e. The number of anilines is 2. The summed E-state index contributed by atoms with van der Waals surface area (Å²) in [4.78, 5) is 15.1. The second-order valence-corrected chi connectivity index (χ2v) is 5.48. The Bertz CT molecular complexity index is 369. The van der Waals surface area contributed by atoms with Gasteiger partial charge in [-0.3, -0.25) is 0 Å². The van der Waals surface area contributed by atoms with Gasteiger partial charge in [0.1, 0.15) is 0 Å². The molecule has 0 aliphatic rings. The van der Waals surface area contributed by atoms with E-state index in [0.717, 1.165) is 17.5 Å². The van der Waals surface area contributed by atoms with Gasteiger partial charge in [0.05, 0.1) is 0 Å². The summed E-state index contributed by atoms with van der Waals surface area (Å²) in [6, 6.07) is 0. The van der Waals surface area contributed by atoms with E-state index in [0.29, 0.717) is 17.8 Å². The lowest BCUT2D eigenvalue weighted by Crippen LogP contribution is -2.16. The minimum Gasteiger partial charge on any atom is -0.354 e. The van der Waals surface area contributed by atoms with Crippen LogP contribution in [-0.2, 0) is 0 Å². The van der Waals surface area contributed by atoms with Crippen LogP contribution in [0, 0.1) is 5.92 Å². The van der Waals surface area contributed by atoms with Crippen molar-refractivity contribution in [2.24, 2.45) is 5.92 Å². The fourth-order valence-electron chi connectivity index (χ4n) is 1.18. The minimum atomic E-state index is 0.655. The van der Waals surface area contributed by atoms with Crippen molar-refractivity contribution in [2.75, 3.05) is 36.6 Å². The molecule has 0 saturated heterocycles. The molecule has 0 amide bonds. The van der Waals surface area contributed by atoms with Gasteiger partial charge in [-0.05, 0) is 12.8 Å². The van der Waals surface area contributed by atoms with Crippen LogP contribution in [0.5, 0.6) is 0 Å². The van der Waals surface area contributed by atoms with Crippen molar-refractivity contribution in [2.45, 2.75) is 32.3 Å². The van der Waals surface area contributed by atoms with Crippen LogP contribution in [0.2, 0.25) is 0 Å². The maximum absolute atomic E-state index is 4.45. The summed E-state index contributed by atoms with van der Waals surface area (Å²) in [5.74, 6) is 3.08. The lowest BCUT2D eigenvalue weighted by Gasteiger charge is -2.13. The molecule has 1 aromatic rings. The Morgan fingerprint density at radius 2 is 1.94 bits per heavy atom. The molecule has 102 valence electrons. The van der Waals surface area contributed by atoms with Crippen molar-refractivity contribution in [1.82, 2.24) is 15.0 Å². The highest BCUT2D eigenvalue weighted by Gasteiger charge is 2.09. The summed E-state index contributed by atoms with van der Waals surface area (Å²) in [6.07, 6.45) is 1.18. The quantitative estimate of drug-likeness (QED) is 0.768. The number of thioether (sulfide) groups is 1. The van der Waals surface area contributed by atoms with Gasteiger partial charge in [0.15, 0.2) is 5.16 Å². The molecule has 5 nitrogen and oxygen atoms in total. The number of rotatable bonds is 7. The first kappa shape index (κ1) is 15.0. The molecule has 1 N–H and O–H groups in total. The first-order valence-electron chi connectivity index (χ1n) is 6.36. The number of aromatic nitrogens is 3. The zero-order chi connectivity index (χ0) is 13.5. The first-order valence-corrected chi connectivity index (χ1v) is 7.35. The molecule has 0 spiro atoms. The van der Waals surface area contributed by atoms with E-state index in [2.05, 4.69) is 34.1 Å². The molecule has 0 radical (unpaired) electrons. The van der Waals surface area contributed by atoms with Crippen molar-refractivity contribution in [3.05, 3.63) is 0 Å². The van der Waals surface area contributed by atoms with Crippen LogP contribution in [0.3, 0.4) is 0 Å². The Kier molecular flexibility index (Phi) is 6.18. The van der Waals surface area contributed by atoms with Gasteiger partial charge >= 0.3 is 0 Å². The van der Waals surface area contributed by atoms with E-state index in [4.69, 9.17) is 0 Å². The Morgan fingerprint density at radius 1 is 1.22 bits per heavy atom. The largest absolute Gasteiger partial charge is 0.354 e. The predicted octanol–water partition coefficient (Wildman–Crippen LogP) is 2.51. The van der Waals surface area contributed by atoms with Crippen LogP contribution in [-0.4, -0.2) is 41.3 Å². The molecule has 1 rings (SSSR count). The van der Waals surface area contributed by atoms with Gasteiger partial charge in [-0.15, -0.1) is 0 Å². The molecule has 0 bridgehead atoms. The van der Waals surface area contributed by atoms with E-state index in [9.17, 15) is 0 Å². The molecular formula is C12H23N5S. The van der Waals surface area contributed by atoms with Gasteiger partial charge in [-0.2, -0.15) is 15.0 Å². The van der Waals surface area contributed by atoms with Crippen molar-refractivity contribution in [1.29, 1.82) is 0 Å². The summed E-state index contributed by atoms with van der Waals surface area (Å²) >= 11 is 1.70. The highest BCUT2D eigenvalue weighted by Crippen LogP contribution is 2.21. The molecule has 1 unspecified atom stereocenters. The third-order valence-electron chi connectivity index (χ3n) is 2.53. The van der Waals surface area contributed by atoms with E-state index in [1.54, 1.807) is 11.8 Å². The molecular weight excluding hydrogens is 246 g/mol. The normalized spacial score (nSPS) is 12.3. The fourth-order valence-corrected chi connectivity index (χ4v) is 2.15. The van der Waals surface area contributed by atoms with E-state index in [1.165, 1.54) is 6.42 Å². The number of hydrogen-bond acceptors (Lipinski definition) is 6. The summed E-state index contributed by atoms with van der Waals surface area (Å²) in [5.41, 5.74) is 0. The average Bonchev–Trinajstić information content (AvgIpc) is 2.36. The highest BCUT2D eigenvalue weighted by molar-refractivity contribution is 7.99. The molecule has 18 heavy (non-hydrogen) atoms. The highest BCUT2D eigenvalue weighted by atomic mass is 32.2. The van der Waals surface area contributed by atoms with E-state index >= 15 is 0 Å². The summed E-state index contributed by atoms with van der Waals surface area (Å²) in [5, 5.41) is 3.94. The van der Waals surface area contributed by atoms with Crippen molar-refractivity contribution in [3.63, 3.8) is 0 Å². The maximum atomic E-state index is 4.45. The standard InChI is InChI=1S/C12H23N5S/c1-6-9(3)8-18-12-15-10(13-7-2)14-11(16-12)17(4)5/h9H,6-8H2,1-5H3,(H,13,14,15,16). The molecule has 6 heteroatoms. The number of nitrogens with one attached hydrogen (secondary N) is 1. The predicted molar refractivity (Wildman–Crippen MR) is 78.5 cm³/mol. The van der Waals surface area contributed by atoms with Crippen LogP contribution in [0.15, 0.2) is 5.16 Å². The molecule has 0 aliphatic heterocycles. The summed E-state index contributed by atoms with van der Waals surface area (Å²) in [6.45, 7) is 7.29. The summed E-state index contributed by atoms with van der Waals surface area (Å²) in [7, 11) is 3.88. The Balaban J connectivity index is 2.82.